The number of hydrogen-bond acceptors (Lipinski definition) is 4. The Bertz CT molecular complexity index is 305. The minimum absolute atomic E-state index is 0.601. The normalized spacial score (nSPS) is 10.5. The molecule has 0 bridgehead atoms. The number of rotatable bonds is 9. The molecule has 1 aromatic heterocycles. The molecule has 0 saturated heterocycles. The Morgan fingerprint density at radius 2 is 2.24 bits per heavy atom. The van der Waals surface area contributed by atoms with Crippen LogP contribution in [0.2, 0.25) is 0 Å². The fourth-order valence-electron chi connectivity index (χ4n) is 1.45. The lowest BCUT2D eigenvalue weighted by Crippen LogP contribution is -2.07. The minimum Gasteiger partial charge on any atom is -0.385 e. The second-order valence-electron chi connectivity index (χ2n) is 3.84. The molecule has 0 aliphatic rings. The molecule has 0 amide bonds. The molecule has 0 aliphatic carbocycles. The molecule has 0 unspecified atom stereocenters. The van der Waals surface area contributed by atoms with Gasteiger partial charge in [0.1, 0.15) is 5.82 Å². The van der Waals surface area contributed by atoms with E-state index in [-0.39, 0.29) is 0 Å². The van der Waals surface area contributed by atoms with Crippen LogP contribution in [0, 0.1) is 0 Å². The van der Waals surface area contributed by atoms with Gasteiger partial charge in [-0.25, -0.2) is 4.98 Å². The number of ether oxygens (including phenoxy) is 2. The van der Waals surface area contributed by atoms with E-state index in [2.05, 4.69) is 17.2 Å². The van der Waals surface area contributed by atoms with E-state index in [0.29, 0.717) is 6.61 Å². The first-order valence-corrected chi connectivity index (χ1v) is 6.13. The summed E-state index contributed by atoms with van der Waals surface area (Å²) >= 11 is 0. The maximum Gasteiger partial charge on any atom is 0.131 e. The summed E-state index contributed by atoms with van der Waals surface area (Å²) in [5, 5.41) is 3.30. The molecule has 0 spiro atoms. The van der Waals surface area contributed by atoms with Gasteiger partial charge in [-0.2, -0.15) is 0 Å². The predicted octanol–water partition coefficient (Wildman–Crippen LogP) is 2.46. The lowest BCUT2D eigenvalue weighted by atomic mass is 10.2. The van der Waals surface area contributed by atoms with Crippen LogP contribution in [0.3, 0.4) is 0 Å². The van der Waals surface area contributed by atoms with Crippen molar-refractivity contribution in [3.8, 4) is 0 Å². The highest BCUT2D eigenvalue weighted by atomic mass is 16.5. The van der Waals surface area contributed by atoms with E-state index in [9.17, 15) is 0 Å². The maximum absolute atomic E-state index is 5.58. The van der Waals surface area contributed by atoms with E-state index >= 15 is 0 Å². The number of anilines is 1. The van der Waals surface area contributed by atoms with E-state index in [1.807, 2.05) is 12.1 Å². The number of aromatic nitrogens is 1. The first-order valence-electron chi connectivity index (χ1n) is 6.13. The summed E-state index contributed by atoms with van der Waals surface area (Å²) < 4.78 is 10.5. The molecule has 0 atom stereocenters. The van der Waals surface area contributed by atoms with Gasteiger partial charge in [0, 0.05) is 38.6 Å². The van der Waals surface area contributed by atoms with Crippen molar-refractivity contribution >= 4 is 5.82 Å². The maximum atomic E-state index is 5.58. The highest BCUT2D eigenvalue weighted by molar-refractivity contribution is 5.43. The zero-order valence-corrected chi connectivity index (χ0v) is 10.7. The Morgan fingerprint density at radius 3 is 3.00 bits per heavy atom. The highest BCUT2D eigenvalue weighted by Gasteiger charge is 2.02. The van der Waals surface area contributed by atoms with Crippen molar-refractivity contribution in [2.75, 3.05) is 32.2 Å². The van der Waals surface area contributed by atoms with Gasteiger partial charge >= 0.3 is 0 Å². The molecule has 1 N–H and O–H groups in total. The van der Waals surface area contributed by atoms with Crippen LogP contribution in [0.5, 0.6) is 0 Å². The monoisotopic (exact) mass is 238 g/mol. The zero-order chi connectivity index (χ0) is 12.3. The largest absolute Gasteiger partial charge is 0.385 e. The number of pyridine rings is 1. The molecule has 0 fully saturated rings. The van der Waals surface area contributed by atoms with Crippen molar-refractivity contribution in [3.05, 3.63) is 23.9 Å². The van der Waals surface area contributed by atoms with E-state index in [4.69, 9.17) is 9.47 Å². The predicted molar refractivity (Wildman–Crippen MR) is 69.2 cm³/mol. The molecule has 4 heteroatoms. The summed E-state index contributed by atoms with van der Waals surface area (Å²) in [7, 11) is 1.70. The summed E-state index contributed by atoms with van der Waals surface area (Å²) in [4.78, 5) is 4.32. The van der Waals surface area contributed by atoms with Gasteiger partial charge in [0.15, 0.2) is 0 Å². The van der Waals surface area contributed by atoms with Gasteiger partial charge in [-0.15, -0.1) is 0 Å². The Morgan fingerprint density at radius 1 is 1.35 bits per heavy atom. The molecule has 96 valence electrons. The van der Waals surface area contributed by atoms with Gasteiger partial charge < -0.3 is 14.8 Å². The van der Waals surface area contributed by atoms with E-state index < -0.39 is 0 Å². The quantitative estimate of drug-likeness (QED) is 0.671. The summed E-state index contributed by atoms with van der Waals surface area (Å²) in [5.74, 6) is 0.932. The van der Waals surface area contributed by atoms with Crippen molar-refractivity contribution in [1.82, 2.24) is 4.98 Å². The number of nitrogens with one attached hydrogen (secondary N) is 1. The van der Waals surface area contributed by atoms with Crippen LogP contribution < -0.4 is 5.32 Å². The van der Waals surface area contributed by atoms with E-state index in [0.717, 1.165) is 44.0 Å². The van der Waals surface area contributed by atoms with Crippen molar-refractivity contribution in [3.63, 3.8) is 0 Å². The molecule has 1 heterocycles. The van der Waals surface area contributed by atoms with E-state index in [1.54, 1.807) is 13.3 Å². The second-order valence-corrected chi connectivity index (χ2v) is 3.84. The van der Waals surface area contributed by atoms with Crippen molar-refractivity contribution in [2.45, 2.75) is 26.4 Å². The van der Waals surface area contributed by atoms with Crippen LogP contribution in [0.1, 0.15) is 25.3 Å². The molecule has 1 aromatic rings. The molecule has 0 aromatic carbocycles. The van der Waals surface area contributed by atoms with Crippen molar-refractivity contribution < 1.29 is 9.47 Å². The van der Waals surface area contributed by atoms with E-state index in [1.165, 1.54) is 0 Å². The van der Waals surface area contributed by atoms with Crippen molar-refractivity contribution in [1.29, 1.82) is 0 Å². The molecule has 4 nitrogen and oxygen atoms in total. The SMILES string of the molecule is CCCNc1ncccc1COCCCOC. The van der Waals surface area contributed by atoms with Crippen LogP contribution in [0.15, 0.2) is 18.3 Å². The lowest BCUT2D eigenvalue weighted by Gasteiger charge is -2.10. The highest BCUT2D eigenvalue weighted by Crippen LogP contribution is 2.12. The van der Waals surface area contributed by atoms with Gasteiger partial charge in [-0.1, -0.05) is 13.0 Å². The first kappa shape index (κ1) is 13.9. The fourth-order valence-corrected chi connectivity index (χ4v) is 1.45. The number of hydrogen-bond donors (Lipinski definition) is 1. The Balaban J connectivity index is 2.35. The van der Waals surface area contributed by atoms with Crippen LogP contribution in [-0.2, 0) is 16.1 Å². The third kappa shape index (κ3) is 5.65. The van der Waals surface area contributed by atoms with Crippen LogP contribution in [0.4, 0.5) is 5.82 Å². The topological polar surface area (TPSA) is 43.4 Å². The molecular weight excluding hydrogens is 216 g/mol. The second kappa shape index (κ2) is 8.96. The van der Waals surface area contributed by atoms with Gasteiger partial charge in [-0.3, -0.25) is 0 Å². The Kier molecular flexibility index (Phi) is 7.34. The molecule has 0 radical (unpaired) electrons. The summed E-state index contributed by atoms with van der Waals surface area (Å²) in [6.45, 7) is 5.14. The average Bonchev–Trinajstić information content (AvgIpc) is 2.37. The van der Waals surface area contributed by atoms with Gasteiger partial charge in [-0.05, 0) is 18.9 Å². The third-order valence-corrected chi connectivity index (χ3v) is 2.33. The molecule has 0 aliphatic heterocycles. The Labute approximate surface area is 103 Å². The lowest BCUT2D eigenvalue weighted by molar-refractivity contribution is 0.0930. The molecule has 17 heavy (non-hydrogen) atoms. The fraction of sp³-hybridized carbons (Fsp3) is 0.615. The van der Waals surface area contributed by atoms with Crippen LogP contribution >= 0.6 is 0 Å². The average molecular weight is 238 g/mol. The number of methoxy groups -OCH3 is 1. The van der Waals surface area contributed by atoms with Gasteiger partial charge in [0.2, 0.25) is 0 Å². The smallest absolute Gasteiger partial charge is 0.131 e. The summed E-state index contributed by atoms with van der Waals surface area (Å²) in [5.41, 5.74) is 1.11. The Hall–Kier alpha value is -1.13. The third-order valence-electron chi connectivity index (χ3n) is 2.33. The number of nitrogens with zero attached hydrogens (tertiary/aromatic N) is 1. The van der Waals surface area contributed by atoms with Crippen LogP contribution in [0.25, 0.3) is 0 Å². The van der Waals surface area contributed by atoms with Crippen molar-refractivity contribution in [2.24, 2.45) is 0 Å². The standard InChI is InChI=1S/C13H22N2O2/c1-3-7-14-13-12(6-4-8-15-13)11-17-10-5-9-16-2/h4,6,8H,3,5,7,9-11H2,1-2H3,(H,14,15). The van der Waals surface area contributed by atoms with Crippen LogP contribution in [-0.4, -0.2) is 31.9 Å². The zero-order valence-electron chi connectivity index (χ0n) is 10.7. The first-order chi connectivity index (χ1) is 8.38. The summed E-state index contributed by atoms with van der Waals surface area (Å²) in [6, 6.07) is 3.98. The summed E-state index contributed by atoms with van der Waals surface area (Å²) in [6.07, 6.45) is 3.81. The molecule has 0 saturated carbocycles. The molecular formula is C13H22N2O2. The van der Waals surface area contributed by atoms with Gasteiger partial charge in [0.25, 0.3) is 0 Å². The van der Waals surface area contributed by atoms with Gasteiger partial charge in [0.05, 0.1) is 6.61 Å². The minimum atomic E-state index is 0.601. The molecule has 1 rings (SSSR count).